The molecule has 1 heterocycles. The third kappa shape index (κ3) is 4.06. The highest BCUT2D eigenvalue weighted by molar-refractivity contribution is 6.17. The van der Waals surface area contributed by atoms with E-state index in [0.29, 0.717) is 12.3 Å². The first-order chi connectivity index (χ1) is 9.29. The first kappa shape index (κ1) is 13.5. The molecule has 19 heavy (non-hydrogen) atoms. The molecular formula is C13H15ClN4O. The summed E-state index contributed by atoms with van der Waals surface area (Å²) in [5, 5.41) is 6.88. The SMILES string of the molecule is O=C(CCCCCl)Nc1ccc(-n2cncn2)cc1. The topological polar surface area (TPSA) is 59.8 Å². The lowest BCUT2D eigenvalue weighted by Crippen LogP contribution is -2.11. The highest BCUT2D eigenvalue weighted by Crippen LogP contribution is 2.12. The van der Waals surface area contributed by atoms with Gasteiger partial charge in [0.2, 0.25) is 5.91 Å². The van der Waals surface area contributed by atoms with E-state index in [2.05, 4.69) is 15.4 Å². The van der Waals surface area contributed by atoms with Crippen molar-refractivity contribution in [1.29, 1.82) is 0 Å². The maximum Gasteiger partial charge on any atom is 0.224 e. The quantitative estimate of drug-likeness (QED) is 0.653. The predicted octanol–water partition coefficient (Wildman–Crippen LogP) is 2.61. The second-order valence-corrected chi connectivity index (χ2v) is 4.46. The number of aromatic nitrogens is 3. The number of carbonyl (C=O) groups is 1. The number of hydrogen-bond donors (Lipinski definition) is 1. The summed E-state index contributed by atoms with van der Waals surface area (Å²) in [5.41, 5.74) is 1.68. The van der Waals surface area contributed by atoms with Crippen LogP contribution in [-0.4, -0.2) is 26.6 Å². The zero-order valence-corrected chi connectivity index (χ0v) is 11.2. The lowest BCUT2D eigenvalue weighted by molar-refractivity contribution is -0.116. The molecular weight excluding hydrogens is 264 g/mol. The number of benzene rings is 1. The average molecular weight is 279 g/mol. The molecule has 0 radical (unpaired) electrons. The van der Waals surface area contributed by atoms with Gasteiger partial charge in [-0.25, -0.2) is 9.67 Å². The smallest absolute Gasteiger partial charge is 0.224 e. The van der Waals surface area contributed by atoms with E-state index in [1.165, 1.54) is 6.33 Å². The fourth-order valence-electron chi connectivity index (χ4n) is 1.64. The number of amides is 1. The Morgan fingerprint density at radius 2 is 2.05 bits per heavy atom. The summed E-state index contributed by atoms with van der Waals surface area (Å²) in [6, 6.07) is 7.44. The van der Waals surface area contributed by atoms with Gasteiger partial charge in [-0.2, -0.15) is 5.10 Å². The number of nitrogens with one attached hydrogen (secondary N) is 1. The first-order valence-corrected chi connectivity index (χ1v) is 6.64. The minimum absolute atomic E-state index is 0.0126. The fourth-order valence-corrected chi connectivity index (χ4v) is 1.83. The van der Waals surface area contributed by atoms with Crippen LogP contribution >= 0.6 is 11.6 Å². The van der Waals surface area contributed by atoms with Gasteiger partial charge in [-0.15, -0.1) is 11.6 Å². The number of alkyl halides is 1. The summed E-state index contributed by atoms with van der Waals surface area (Å²) >= 11 is 5.57. The molecule has 0 atom stereocenters. The summed E-state index contributed by atoms with van der Waals surface area (Å²) in [5.74, 6) is 0.610. The summed E-state index contributed by atoms with van der Waals surface area (Å²) in [7, 11) is 0. The van der Waals surface area contributed by atoms with Crippen LogP contribution < -0.4 is 5.32 Å². The van der Waals surface area contributed by atoms with Gasteiger partial charge in [-0.3, -0.25) is 4.79 Å². The molecule has 0 saturated carbocycles. The van der Waals surface area contributed by atoms with E-state index in [9.17, 15) is 4.79 Å². The zero-order valence-electron chi connectivity index (χ0n) is 10.4. The van der Waals surface area contributed by atoms with E-state index < -0.39 is 0 Å². The van der Waals surface area contributed by atoms with Gasteiger partial charge in [-0.05, 0) is 37.1 Å². The number of halogens is 1. The van der Waals surface area contributed by atoms with E-state index >= 15 is 0 Å². The molecule has 0 saturated heterocycles. The van der Waals surface area contributed by atoms with Crippen LogP contribution in [0.1, 0.15) is 19.3 Å². The molecule has 0 fully saturated rings. The molecule has 2 rings (SSSR count). The maximum absolute atomic E-state index is 11.6. The first-order valence-electron chi connectivity index (χ1n) is 6.10. The third-order valence-corrected chi connectivity index (χ3v) is 2.89. The lowest BCUT2D eigenvalue weighted by Gasteiger charge is -2.06. The Hall–Kier alpha value is -1.88. The van der Waals surface area contributed by atoms with Crippen molar-refractivity contribution in [1.82, 2.24) is 14.8 Å². The van der Waals surface area contributed by atoms with Crippen molar-refractivity contribution in [3.63, 3.8) is 0 Å². The van der Waals surface area contributed by atoms with Gasteiger partial charge in [0.1, 0.15) is 12.7 Å². The van der Waals surface area contributed by atoms with Crippen molar-refractivity contribution >= 4 is 23.2 Å². The zero-order chi connectivity index (χ0) is 13.5. The second kappa shape index (κ2) is 6.89. The van der Waals surface area contributed by atoms with Crippen LogP contribution in [0.3, 0.4) is 0 Å². The monoisotopic (exact) mass is 278 g/mol. The van der Waals surface area contributed by atoms with E-state index in [4.69, 9.17) is 11.6 Å². The van der Waals surface area contributed by atoms with E-state index in [0.717, 1.165) is 24.2 Å². The fraction of sp³-hybridized carbons (Fsp3) is 0.308. The second-order valence-electron chi connectivity index (χ2n) is 4.08. The number of rotatable bonds is 6. The van der Waals surface area contributed by atoms with Gasteiger partial charge in [0.25, 0.3) is 0 Å². The van der Waals surface area contributed by atoms with Gasteiger partial charge < -0.3 is 5.32 Å². The minimum Gasteiger partial charge on any atom is -0.326 e. The molecule has 0 unspecified atom stereocenters. The van der Waals surface area contributed by atoms with Gasteiger partial charge in [0.15, 0.2) is 0 Å². The van der Waals surface area contributed by atoms with Crippen molar-refractivity contribution in [2.24, 2.45) is 0 Å². The summed E-state index contributed by atoms with van der Waals surface area (Å²) in [6.07, 6.45) is 5.27. The van der Waals surface area contributed by atoms with Crippen LogP contribution in [-0.2, 0) is 4.79 Å². The molecule has 0 aliphatic carbocycles. The lowest BCUT2D eigenvalue weighted by atomic mass is 10.2. The third-order valence-electron chi connectivity index (χ3n) is 2.62. The van der Waals surface area contributed by atoms with Crippen molar-refractivity contribution in [3.05, 3.63) is 36.9 Å². The van der Waals surface area contributed by atoms with E-state index in [1.54, 1.807) is 11.0 Å². The highest BCUT2D eigenvalue weighted by Gasteiger charge is 2.02. The van der Waals surface area contributed by atoms with Crippen LogP contribution in [0, 0.1) is 0 Å². The number of anilines is 1. The molecule has 2 aromatic rings. The molecule has 0 aliphatic heterocycles. The summed E-state index contributed by atoms with van der Waals surface area (Å²) < 4.78 is 1.66. The molecule has 1 N–H and O–H groups in total. The van der Waals surface area contributed by atoms with Crippen molar-refractivity contribution < 1.29 is 4.79 Å². The van der Waals surface area contributed by atoms with Gasteiger partial charge in [0.05, 0.1) is 5.69 Å². The van der Waals surface area contributed by atoms with Gasteiger partial charge in [0, 0.05) is 18.0 Å². The Labute approximate surface area is 116 Å². The minimum atomic E-state index is 0.0126. The predicted molar refractivity (Wildman–Crippen MR) is 74.6 cm³/mol. The molecule has 6 heteroatoms. The molecule has 0 bridgehead atoms. The number of nitrogens with zero attached hydrogens (tertiary/aromatic N) is 3. The molecule has 1 amide bonds. The van der Waals surface area contributed by atoms with Crippen LogP contribution in [0.4, 0.5) is 5.69 Å². The van der Waals surface area contributed by atoms with E-state index in [1.807, 2.05) is 24.3 Å². The Morgan fingerprint density at radius 1 is 1.26 bits per heavy atom. The van der Waals surface area contributed by atoms with E-state index in [-0.39, 0.29) is 5.91 Å². The van der Waals surface area contributed by atoms with Crippen molar-refractivity contribution in [2.75, 3.05) is 11.2 Å². The largest absolute Gasteiger partial charge is 0.326 e. The Morgan fingerprint density at radius 3 is 2.68 bits per heavy atom. The van der Waals surface area contributed by atoms with Crippen molar-refractivity contribution in [2.45, 2.75) is 19.3 Å². The standard InChI is InChI=1S/C13H15ClN4O/c14-8-2-1-3-13(19)17-11-4-6-12(7-5-11)18-10-15-9-16-18/h4-7,9-10H,1-3,8H2,(H,17,19). The number of hydrogen-bond acceptors (Lipinski definition) is 3. The Bertz CT molecular complexity index is 510. The molecule has 0 spiro atoms. The van der Waals surface area contributed by atoms with Gasteiger partial charge in [-0.1, -0.05) is 0 Å². The van der Waals surface area contributed by atoms with Crippen LogP contribution in [0.5, 0.6) is 0 Å². The Balaban J connectivity index is 1.90. The highest BCUT2D eigenvalue weighted by atomic mass is 35.5. The molecule has 5 nitrogen and oxygen atoms in total. The molecule has 1 aromatic heterocycles. The van der Waals surface area contributed by atoms with Gasteiger partial charge >= 0.3 is 0 Å². The maximum atomic E-state index is 11.6. The van der Waals surface area contributed by atoms with Crippen molar-refractivity contribution in [3.8, 4) is 5.69 Å². The van der Waals surface area contributed by atoms with Crippen LogP contribution in [0.15, 0.2) is 36.9 Å². The van der Waals surface area contributed by atoms with Crippen LogP contribution in [0.25, 0.3) is 5.69 Å². The molecule has 1 aromatic carbocycles. The Kier molecular flexibility index (Phi) is 4.92. The molecule has 100 valence electrons. The number of unbranched alkanes of at least 4 members (excludes halogenated alkanes) is 1. The number of carbonyl (C=O) groups excluding carboxylic acids is 1. The summed E-state index contributed by atoms with van der Waals surface area (Å²) in [6.45, 7) is 0. The average Bonchev–Trinajstić information content (AvgIpc) is 2.94. The van der Waals surface area contributed by atoms with Crippen LogP contribution in [0.2, 0.25) is 0 Å². The molecule has 0 aliphatic rings. The normalized spacial score (nSPS) is 10.4. The summed E-state index contributed by atoms with van der Waals surface area (Å²) in [4.78, 5) is 15.5.